The van der Waals surface area contributed by atoms with E-state index in [1.54, 1.807) is 19.2 Å². The van der Waals surface area contributed by atoms with Crippen molar-refractivity contribution in [1.29, 1.82) is 0 Å². The van der Waals surface area contributed by atoms with E-state index in [1.807, 2.05) is 19.1 Å². The van der Waals surface area contributed by atoms with Crippen LogP contribution in [0, 0.1) is 0 Å². The van der Waals surface area contributed by atoms with E-state index in [0.29, 0.717) is 23.9 Å². The predicted octanol–water partition coefficient (Wildman–Crippen LogP) is 1.80. The molecule has 1 fully saturated rings. The summed E-state index contributed by atoms with van der Waals surface area (Å²) in [6, 6.07) is 7.51. The minimum atomic E-state index is -3.34. The number of guanidine groups is 1. The first-order valence-corrected chi connectivity index (χ1v) is 12.5. The summed E-state index contributed by atoms with van der Waals surface area (Å²) in [7, 11) is -2.39. The first-order valence-electron chi connectivity index (χ1n) is 9.22. The summed E-state index contributed by atoms with van der Waals surface area (Å²) in [4.78, 5) is 4.27. The van der Waals surface area contributed by atoms with Gasteiger partial charge in [0.15, 0.2) is 5.96 Å². The molecule has 0 amide bonds. The zero-order chi connectivity index (χ0) is 19.9. The van der Waals surface area contributed by atoms with Crippen LogP contribution in [0.5, 0.6) is 0 Å². The number of rotatable bonds is 7. The predicted molar refractivity (Wildman–Crippen MR) is 113 cm³/mol. The normalized spacial score (nSPS) is 22.1. The van der Waals surface area contributed by atoms with E-state index in [1.165, 1.54) is 0 Å². The highest BCUT2D eigenvalue weighted by atomic mass is 32.2. The number of para-hydroxylation sites is 1. The van der Waals surface area contributed by atoms with Crippen LogP contribution in [0.25, 0.3) is 0 Å². The zero-order valence-corrected chi connectivity index (χ0v) is 17.8. The van der Waals surface area contributed by atoms with Crippen LogP contribution < -0.4 is 15.4 Å². The molecule has 3 atom stereocenters. The molecule has 152 valence electrons. The number of aliphatic imine (C=N–C) groups is 1. The van der Waals surface area contributed by atoms with Crippen LogP contribution >= 0.6 is 0 Å². The SMILES string of the molecule is CCS(=O)C1CCCC(NC(=NC)NCc2ccccc2NS(C)(=O)=O)C1. The van der Waals surface area contributed by atoms with Crippen molar-refractivity contribution in [2.45, 2.75) is 50.4 Å². The van der Waals surface area contributed by atoms with Crippen molar-refractivity contribution in [2.75, 3.05) is 23.8 Å². The fourth-order valence-corrected chi connectivity index (χ4v) is 5.24. The Hall–Kier alpha value is -1.61. The highest BCUT2D eigenvalue weighted by Gasteiger charge is 2.26. The monoisotopic (exact) mass is 414 g/mol. The van der Waals surface area contributed by atoms with E-state index in [-0.39, 0.29) is 11.3 Å². The van der Waals surface area contributed by atoms with Gasteiger partial charge in [0.25, 0.3) is 0 Å². The molecule has 9 heteroatoms. The molecule has 3 N–H and O–H groups in total. The number of benzene rings is 1. The largest absolute Gasteiger partial charge is 0.354 e. The molecule has 1 saturated carbocycles. The number of anilines is 1. The van der Waals surface area contributed by atoms with E-state index >= 15 is 0 Å². The van der Waals surface area contributed by atoms with Crippen LogP contribution in [0.15, 0.2) is 29.3 Å². The summed E-state index contributed by atoms with van der Waals surface area (Å²) in [5.74, 6) is 1.37. The van der Waals surface area contributed by atoms with Gasteiger partial charge in [-0.3, -0.25) is 13.9 Å². The average Bonchev–Trinajstić information content (AvgIpc) is 2.64. The molecule has 1 aromatic rings. The Morgan fingerprint density at radius 2 is 2.04 bits per heavy atom. The molecule has 7 nitrogen and oxygen atoms in total. The number of nitrogens with one attached hydrogen (secondary N) is 3. The van der Waals surface area contributed by atoms with Gasteiger partial charge in [0.1, 0.15) is 0 Å². The molecule has 0 spiro atoms. The summed E-state index contributed by atoms with van der Waals surface area (Å²) in [5.41, 5.74) is 1.39. The Labute approximate surface area is 164 Å². The van der Waals surface area contributed by atoms with E-state index in [0.717, 1.165) is 37.5 Å². The summed E-state index contributed by atoms with van der Waals surface area (Å²) in [6.07, 6.45) is 5.14. The van der Waals surface area contributed by atoms with Gasteiger partial charge in [0.05, 0.1) is 11.9 Å². The molecule has 1 aliphatic carbocycles. The topological polar surface area (TPSA) is 99.7 Å². The van der Waals surface area contributed by atoms with Gasteiger partial charge in [-0.2, -0.15) is 0 Å². The Bertz CT molecular complexity index is 781. The third kappa shape index (κ3) is 7.14. The van der Waals surface area contributed by atoms with Crippen LogP contribution in [0.3, 0.4) is 0 Å². The molecule has 3 unspecified atom stereocenters. The lowest BCUT2D eigenvalue weighted by molar-refractivity contribution is 0.413. The van der Waals surface area contributed by atoms with Gasteiger partial charge in [0, 0.05) is 41.4 Å². The maximum Gasteiger partial charge on any atom is 0.229 e. The molecule has 0 radical (unpaired) electrons. The van der Waals surface area contributed by atoms with Gasteiger partial charge >= 0.3 is 0 Å². The van der Waals surface area contributed by atoms with Crippen molar-refractivity contribution in [3.8, 4) is 0 Å². The van der Waals surface area contributed by atoms with Crippen LogP contribution in [-0.2, 0) is 27.4 Å². The Kier molecular flexibility index (Phi) is 8.09. The van der Waals surface area contributed by atoms with E-state index in [4.69, 9.17) is 0 Å². The number of nitrogens with zero attached hydrogens (tertiary/aromatic N) is 1. The highest BCUT2D eigenvalue weighted by Crippen LogP contribution is 2.23. The van der Waals surface area contributed by atoms with Crippen LogP contribution in [0.1, 0.15) is 38.2 Å². The molecule has 1 aliphatic rings. The average molecular weight is 415 g/mol. The van der Waals surface area contributed by atoms with Gasteiger partial charge in [-0.25, -0.2) is 8.42 Å². The molecule has 0 saturated heterocycles. The van der Waals surface area contributed by atoms with Crippen molar-refractivity contribution in [1.82, 2.24) is 10.6 Å². The molecule has 1 aromatic carbocycles. The fraction of sp³-hybridized carbons (Fsp3) is 0.611. The van der Waals surface area contributed by atoms with Gasteiger partial charge < -0.3 is 10.6 Å². The van der Waals surface area contributed by atoms with Crippen molar-refractivity contribution < 1.29 is 12.6 Å². The van der Waals surface area contributed by atoms with Crippen molar-refractivity contribution in [3.63, 3.8) is 0 Å². The number of sulfonamides is 1. The highest BCUT2D eigenvalue weighted by molar-refractivity contribution is 7.92. The molecule has 0 aromatic heterocycles. The second-order valence-electron chi connectivity index (χ2n) is 6.76. The third-order valence-electron chi connectivity index (χ3n) is 4.61. The first kappa shape index (κ1) is 21.7. The van der Waals surface area contributed by atoms with Crippen molar-refractivity contribution >= 4 is 32.5 Å². The minimum absolute atomic E-state index is 0.245. The third-order valence-corrected chi connectivity index (χ3v) is 6.94. The van der Waals surface area contributed by atoms with Gasteiger partial charge in [0.2, 0.25) is 10.0 Å². The lowest BCUT2D eigenvalue weighted by Gasteiger charge is -2.30. The zero-order valence-electron chi connectivity index (χ0n) is 16.2. The second-order valence-corrected chi connectivity index (χ2v) is 10.5. The van der Waals surface area contributed by atoms with Gasteiger partial charge in [-0.05, 0) is 30.9 Å². The Morgan fingerprint density at radius 3 is 2.70 bits per heavy atom. The molecule has 2 rings (SSSR count). The summed E-state index contributed by atoms with van der Waals surface area (Å²) >= 11 is 0. The quantitative estimate of drug-likeness (QED) is 0.467. The van der Waals surface area contributed by atoms with E-state index in [9.17, 15) is 12.6 Å². The van der Waals surface area contributed by atoms with Crippen molar-refractivity contribution in [3.05, 3.63) is 29.8 Å². The maximum atomic E-state index is 12.1. The Balaban J connectivity index is 1.96. The lowest BCUT2D eigenvalue weighted by Crippen LogP contribution is -2.46. The summed E-state index contributed by atoms with van der Waals surface area (Å²) in [6.45, 7) is 2.41. The van der Waals surface area contributed by atoms with Crippen LogP contribution in [0.2, 0.25) is 0 Å². The lowest BCUT2D eigenvalue weighted by atomic mass is 9.95. The molecule has 27 heavy (non-hydrogen) atoms. The standard InChI is InChI=1S/C18H30N4O3S2/c1-4-26(23)16-10-7-9-15(12-16)21-18(19-2)20-13-14-8-5-6-11-17(14)22-27(3,24)25/h5-6,8,11,15-16,22H,4,7,9-10,12-13H2,1-3H3,(H2,19,20,21). The first-order chi connectivity index (χ1) is 12.8. The molecular weight excluding hydrogens is 384 g/mol. The number of hydrogen-bond acceptors (Lipinski definition) is 4. The molecular formula is C18H30N4O3S2. The van der Waals surface area contributed by atoms with Gasteiger partial charge in [-0.15, -0.1) is 0 Å². The molecule has 0 heterocycles. The maximum absolute atomic E-state index is 12.1. The van der Waals surface area contributed by atoms with Crippen LogP contribution in [0.4, 0.5) is 5.69 Å². The second kappa shape index (κ2) is 10.1. The van der Waals surface area contributed by atoms with Gasteiger partial charge in [-0.1, -0.05) is 31.5 Å². The van der Waals surface area contributed by atoms with E-state index < -0.39 is 20.8 Å². The fourth-order valence-electron chi connectivity index (χ4n) is 3.29. The molecule has 0 aliphatic heterocycles. The summed E-state index contributed by atoms with van der Waals surface area (Å²) < 4.78 is 37.7. The smallest absolute Gasteiger partial charge is 0.229 e. The van der Waals surface area contributed by atoms with Crippen molar-refractivity contribution in [2.24, 2.45) is 4.99 Å². The molecule has 0 bridgehead atoms. The Morgan fingerprint density at radius 1 is 1.30 bits per heavy atom. The van der Waals surface area contributed by atoms with Crippen LogP contribution in [-0.4, -0.2) is 48.9 Å². The van der Waals surface area contributed by atoms with E-state index in [2.05, 4.69) is 20.3 Å². The number of hydrogen-bond donors (Lipinski definition) is 3. The minimum Gasteiger partial charge on any atom is -0.354 e. The summed E-state index contributed by atoms with van der Waals surface area (Å²) in [5, 5.41) is 6.91.